The summed E-state index contributed by atoms with van der Waals surface area (Å²) in [6, 6.07) is 7.78. The van der Waals surface area contributed by atoms with E-state index in [2.05, 4.69) is 21.6 Å². The predicted octanol–water partition coefficient (Wildman–Crippen LogP) is 2.44. The Balaban J connectivity index is 1.98. The number of carbonyl (C=O) groups excluding carboxylic acids is 1. The lowest BCUT2D eigenvalue weighted by Gasteiger charge is -2.30. The first kappa shape index (κ1) is 14.7. The van der Waals surface area contributed by atoms with Crippen molar-refractivity contribution in [3.05, 3.63) is 24.3 Å². The third-order valence-corrected chi connectivity index (χ3v) is 3.44. The lowest BCUT2D eigenvalue weighted by molar-refractivity contribution is 0.198. The number of nitrogens with zero attached hydrogens (tertiary/aromatic N) is 1. The van der Waals surface area contributed by atoms with E-state index in [0.717, 1.165) is 24.5 Å². The van der Waals surface area contributed by atoms with E-state index in [4.69, 9.17) is 4.74 Å². The van der Waals surface area contributed by atoms with Gasteiger partial charge in [-0.15, -0.1) is 0 Å². The van der Waals surface area contributed by atoms with E-state index in [1.165, 1.54) is 19.3 Å². The summed E-state index contributed by atoms with van der Waals surface area (Å²) in [5, 5.41) is 5.69. The molecule has 1 aromatic carbocycles. The van der Waals surface area contributed by atoms with Crippen LogP contribution < -0.4 is 15.5 Å². The molecule has 0 bridgehead atoms. The van der Waals surface area contributed by atoms with Crippen LogP contribution in [0.5, 0.6) is 0 Å². The topological polar surface area (TPSA) is 53.6 Å². The Morgan fingerprint density at radius 1 is 1.25 bits per heavy atom. The van der Waals surface area contributed by atoms with Crippen LogP contribution in [-0.4, -0.2) is 39.4 Å². The molecule has 2 amide bonds. The minimum Gasteiger partial charge on any atom is -0.383 e. The van der Waals surface area contributed by atoms with E-state index < -0.39 is 0 Å². The molecule has 1 aliphatic rings. The van der Waals surface area contributed by atoms with Gasteiger partial charge in [-0.1, -0.05) is 12.1 Å². The highest BCUT2D eigenvalue weighted by atomic mass is 16.5. The van der Waals surface area contributed by atoms with E-state index in [0.29, 0.717) is 13.2 Å². The average molecular weight is 277 g/mol. The number of rotatable bonds is 5. The molecule has 0 unspecified atom stereocenters. The van der Waals surface area contributed by atoms with Crippen molar-refractivity contribution in [3.8, 4) is 0 Å². The predicted molar refractivity (Wildman–Crippen MR) is 81.4 cm³/mol. The molecular formula is C15H23N3O2. The standard InChI is InChI=1S/C15H23N3O2/c1-20-12-9-16-15(19)17-13-7-3-4-8-14(13)18-10-5-2-6-11-18/h3-4,7-8H,2,5-6,9-12H2,1H3,(H2,16,17,19). The number of piperidine rings is 1. The second kappa shape index (κ2) is 7.75. The van der Waals surface area contributed by atoms with Crippen LogP contribution in [0.3, 0.4) is 0 Å². The van der Waals surface area contributed by atoms with E-state index in [9.17, 15) is 4.79 Å². The first-order chi connectivity index (χ1) is 9.81. The molecule has 5 heteroatoms. The Kier molecular flexibility index (Phi) is 5.68. The fourth-order valence-electron chi connectivity index (χ4n) is 2.42. The molecule has 0 aliphatic carbocycles. The van der Waals surface area contributed by atoms with Crippen molar-refractivity contribution in [1.82, 2.24) is 5.32 Å². The number of urea groups is 1. The molecule has 0 radical (unpaired) electrons. The molecule has 0 aromatic heterocycles. The van der Waals surface area contributed by atoms with Crippen LogP contribution in [0, 0.1) is 0 Å². The Bertz CT molecular complexity index is 431. The number of methoxy groups -OCH3 is 1. The second-order valence-corrected chi connectivity index (χ2v) is 4.94. The van der Waals surface area contributed by atoms with Crippen molar-refractivity contribution in [3.63, 3.8) is 0 Å². The first-order valence-corrected chi connectivity index (χ1v) is 7.19. The van der Waals surface area contributed by atoms with E-state index in [1.54, 1.807) is 7.11 Å². The number of ether oxygens (including phenoxy) is 1. The van der Waals surface area contributed by atoms with Crippen molar-refractivity contribution in [1.29, 1.82) is 0 Å². The third kappa shape index (κ3) is 4.13. The van der Waals surface area contributed by atoms with Gasteiger partial charge in [0.1, 0.15) is 0 Å². The SMILES string of the molecule is COCCNC(=O)Nc1ccccc1N1CCCCC1. The highest BCUT2D eigenvalue weighted by Crippen LogP contribution is 2.28. The van der Waals surface area contributed by atoms with E-state index in [1.807, 2.05) is 18.2 Å². The summed E-state index contributed by atoms with van der Waals surface area (Å²) in [5.74, 6) is 0. The van der Waals surface area contributed by atoms with Crippen LogP contribution in [0.1, 0.15) is 19.3 Å². The summed E-state index contributed by atoms with van der Waals surface area (Å²) in [6.07, 6.45) is 3.73. The Labute approximate surface area is 120 Å². The molecule has 110 valence electrons. The minimum atomic E-state index is -0.188. The van der Waals surface area contributed by atoms with Gasteiger partial charge in [0.2, 0.25) is 0 Å². The molecule has 1 saturated heterocycles. The second-order valence-electron chi connectivity index (χ2n) is 4.94. The molecule has 2 rings (SSSR count). The number of carbonyl (C=O) groups is 1. The van der Waals surface area contributed by atoms with Crippen molar-refractivity contribution >= 4 is 17.4 Å². The van der Waals surface area contributed by atoms with E-state index >= 15 is 0 Å². The van der Waals surface area contributed by atoms with Gasteiger partial charge in [0, 0.05) is 26.7 Å². The van der Waals surface area contributed by atoms with Gasteiger partial charge in [-0.2, -0.15) is 0 Å². The number of hydrogen-bond acceptors (Lipinski definition) is 3. The maximum absolute atomic E-state index is 11.8. The number of anilines is 2. The molecule has 5 nitrogen and oxygen atoms in total. The lowest BCUT2D eigenvalue weighted by Crippen LogP contribution is -2.33. The van der Waals surface area contributed by atoms with Crippen LogP contribution >= 0.6 is 0 Å². The molecule has 0 atom stereocenters. The number of para-hydroxylation sites is 2. The molecule has 2 N–H and O–H groups in total. The highest BCUT2D eigenvalue weighted by molar-refractivity contribution is 5.93. The minimum absolute atomic E-state index is 0.188. The fourth-order valence-corrected chi connectivity index (χ4v) is 2.42. The Morgan fingerprint density at radius 2 is 2.00 bits per heavy atom. The summed E-state index contributed by atoms with van der Waals surface area (Å²) < 4.78 is 4.91. The van der Waals surface area contributed by atoms with Gasteiger partial charge in [0.25, 0.3) is 0 Å². The maximum atomic E-state index is 11.8. The molecule has 1 aliphatic heterocycles. The summed E-state index contributed by atoms with van der Waals surface area (Å²) in [5.41, 5.74) is 1.97. The van der Waals surface area contributed by atoms with Crippen molar-refractivity contribution in [2.45, 2.75) is 19.3 Å². The molecule has 0 saturated carbocycles. The van der Waals surface area contributed by atoms with Gasteiger partial charge in [-0.05, 0) is 31.4 Å². The van der Waals surface area contributed by atoms with Gasteiger partial charge in [0.05, 0.1) is 18.0 Å². The van der Waals surface area contributed by atoms with Crippen molar-refractivity contribution in [2.24, 2.45) is 0 Å². The Hall–Kier alpha value is -1.75. The average Bonchev–Trinajstić information content (AvgIpc) is 2.49. The summed E-state index contributed by atoms with van der Waals surface area (Å²) in [7, 11) is 1.62. The number of amides is 2. The zero-order chi connectivity index (χ0) is 14.2. The largest absolute Gasteiger partial charge is 0.383 e. The number of benzene rings is 1. The van der Waals surface area contributed by atoms with E-state index in [-0.39, 0.29) is 6.03 Å². The van der Waals surface area contributed by atoms with Gasteiger partial charge in [-0.25, -0.2) is 4.79 Å². The molecule has 1 fully saturated rings. The monoisotopic (exact) mass is 277 g/mol. The van der Waals surface area contributed by atoms with Gasteiger partial charge in [-0.3, -0.25) is 0 Å². The molecular weight excluding hydrogens is 254 g/mol. The first-order valence-electron chi connectivity index (χ1n) is 7.19. The van der Waals surface area contributed by atoms with Gasteiger partial charge in [0.15, 0.2) is 0 Å². The van der Waals surface area contributed by atoms with Crippen LogP contribution in [-0.2, 0) is 4.74 Å². The molecule has 1 aromatic rings. The molecule has 0 spiro atoms. The highest BCUT2D eigenvalue weighted by Gasteiger charge is 2.15. The van der Waals surface area contributed by atoms with Crippen LogP contribution in [0.4, 0.5) is 16.2 Å². The summed E-state index contributed by atoms with van der Waals surface area (Å²) in [4.78, 5) is 14.2. The normalized spacial score (nSPS) is 14.9. The van der Waals surface area contributed by atoms with Crippen molar-refractivity contribution < 1.29 is 9.53 Å². The van der Waals surface area contributed by atoms with Crippen LogP contribution in [0.25, 0.3) is 0 Å². The lowest BCUT2D eigenvalue weighted by atomic mass is 10.1. The summed E-state index contributed by atoms with van der Waals surface area (Å²) in [6.45, 7) is 3.14. The maximum Gasteiger partial charge on any atom is 0.319 e. The zero-order valence-corrected chi connectivity index (χ0v) is 12.0. The van der Waals surface area contributed by atoms with Crippen LogP contribution in [0.15, 0.2) is 24.3 Å². The smallest absolute Gasteiger partial charge is 0.319 e. The third-order valence-electron chi connectivity index (χ3n) is 3.44. The fraction of sp³-hybridized carbons (Fsp3) is 0.533. The van der Waals surface area contributed by atoms with Crippen molar-refractivity contribution in [2.75, 3.05) is 43.6 Å². The Morgan fingerprint density at radius 3 is 2.75 bits per heavy atom. The van der Waals surface area contributed by atoms with Gasteiger partial charge >= 0.3 is 6.03 Å². The number of hydrogen-bond donors (Lipinski definition) is 2. The quantitative estimate of drug-likeness (QED) is 0.813. The number of nitrogens with one attached hydrogen (secondary N) is 2. The van der Waals surface area contributed by atoms with Crippen LogP contribution in [0.2, 0.25) is 0 Å². The van der Waals surface area contributed by atoms with Gasteiger partial charge < -0.3 is 20.3 Å². The molecule has 20 heavy (non-hydrogen) atoms. The zero-order valence-electron chi connectivity index (χ0n) is 12.0. The summed E-state index contributed by atoms with van der Waals surface area (Å²) >= 11 is 0. The molecule has 1 heterocycles.